The van der Waals surface area contributed by atoms with Gasteiger partial charge in [0.1, 0.15) is 16.0 Å². The minimum absolute atomic E-state index is 0.244. The van der Waals surface area contributed by atoms with E-state index in [1.54, 1.807) is 6.20 Å². The van der Waals surface area contributed by atoms with Crippen molar-refractivity contribution in [3.63, 3.8) is 0 Å². The molecule has 0 aliphatic rings. The summed E-state index contributed by atoms with van der Waals surface area (Å²) in [6.45, 7) is 6.21. The van der Waals surface area contributed by atoms with Crippen LogP contribution in [0, 0.1) is 0 Å². The third-order valence-corrected chi connectivity index (χ3v) is 4.81. The highest BCUT2D eigenvalue weighted by molar-refractivity contribution is 8.00. The van der Waals surface area contributed by atoms with E-state index >= 15 is 0 Å². The van der Waals surface area contributed by atoms with Crippen molar-refractivity contribution >= 4 is 17.7 Å². The number of thioether (sulfide) groups is 1. The van der Waals surface area contributed by atoms with Crippen molar-refractivity contribution in [2.75, 3.05) is 0 Å². The van der Waals surface area contributed by atoms with E-state index in [9.17, 15) is 4.79 Å². The van der Waals surface area contributed by atoms with E-state index in [-0.39, 0.29) is 11.2 Å². The topological polar surface area (TPSA) is 67.9 Å². The first-order valence-electron chi connectivity index (χ1n) is 7.48. The second kappa shape index (κ2) is 7.98. The lowest BCUT2D eigenvalue weighted by Crippen LogP contribution is -2.23. The lowest BCUT2D eigenvalue weighted by atomic mass is 9.98. The fraction of sp³-hybridized carbons (Fsp3) is 0.438. The van der Waals surface area contributed by atoms with Gasteiger partial charge < -0.3 is 4.74 Å². The molecule has 2 unspecified atom stereocenters. The summed E-state index contributed by atoms with van der Waals surface area (Å²) >= 11 is 1.36. The molecule has 5 nitrogen and oxygen atoms in total. The molecule has 1 heterocycles. The van der Waals surface area contributed by atoms with Crippen molar-refractivity contribution in [2.45, 2.75) is 49.8 Å². The van der Waals surface area contributed by atoms with Crippen LogP contribution in [-0.4, -0.2) is 26.6 Å². The number of para-hydroxylation sites is 1. The van der Waals surface area contributed by atoms with Crippen molar-refractivity contribution in [3.05, 3.63) is 36.0 Å². The molecule has 1 aromatic heterocycles. The molecule has 0 fully saturated rings. The number of rotatable bonds is 7. The molecule has 0 bridgehead atoms. The Morgan fingerprint density at radius 1 is 1.32 bits per heavy atom. The van der Waals surface area contributed by atoms with Crippen molar-refractivity contribution in [3.8, 4) is 5.75 Å². The van der Waals surface area contributed by atoms with Crippen LogP contribution < -0.4 is 4.74 Å². The number of aromatic nitrogens is 3. The predicted molar refractivity (Wildman–Crippen MR) is 87.1 cm³/mol. The van der Waals surface area contributed by atoms with E-state index in [0.717, 1.165) is 12.0 Å². The van der Waals surface area contributed by atoms with E-state index < -0.39 is 0 Å². The third kappa shape index (κ3) is 4.10. The van der Waals surface area contributed by atoms with Crippen LogP contribution in [0.25, 0.3) is 0 Å². The van der Waals surface area contributed by atoms with E-state index in [2.05, 4.69) is 29.3 Å². The van der Waals surface area contributed by atoms with Gasteiger partial charge in [-0.05, 0) is 30.4 Å². The Labute approximate surface area is 134 Å². The number of benzene rings is 1. The number of nitrogens with zero attached hydrogens (tertiary/aromatic N) is 2. The first-order valence-corrected chi connectivity index (χ1v) is 8.36. The van der Waals surface area contributed by atoms with Crippen LogP contribution in [0.3, 0.4) is 0 Å². The summed E-state index contributed by atoms with van der Waals surface area (Å²) < 4.78 is 5.65. The predicted octanol–water partition coefficient (Wildman–Crippen LogP) is 3.79. The number of carbonyl (C=O) groups excluding carboxylic acids is 1. The fourth-order valence-electron chi connectivity index (χ4n) is 2.07. The molecule has 2 atom stereocenters. The molecule has 0 saturated carbocycles. The zero-order valence-electron chi connectivity index (χ0n) is 13.1. The minimum Gasteiger partial charge on any atom is -0.425 e. The van der Waals surface area contributed by atoms with Crippen molar-refractivity contribution in [2.24, 2.45) is 0 Å². The zero-order valence-corrected chi connectivity index (χ0v) is 13.9. The Bertz CT molecular complexity index is 601. The van der Waals surface area contributed by atoms with Gasteiger partial charge in [0, 0.05) is 0 Å². The van der Waals surface area contributed by atoms with Crippen LogP contribution in [0.5, 0.6) is 5.75 Å². The van der Waals surface area contributed by atoms with Crippen LogP contribution in [-0.2, 0) is 4.79 Å². The average molecular weight is 319 g/mol. The SMILES string of the molecule is CCC(Sc1cn[nH]n1)C(=O)Oc1ccccc1C(C)CC. The van der Waals surface area contributed by atoms with Crippen molar-refractivity contribution in [1.29, 1.82) is 0 Å². The summed E-state index contributed by atoms with van der Waals surface area (Å²) in [5, 5.41) is 10.7. The maximum Gasteiger partial charge on any atom is 0.324 e. The van der Waals surface area contributed by atoms with Crippen molar-refractivity contribution < 1.29 is 9.53 Å². The van der Waals surface area contributed by atoms with Gasteiger partial charge in [-0.15, -0.1) is 5.10 Å². The minimum atomic E-state index is -0.296. The Hall–Kier alpha value is -1.82. The molecule has 1 aromatic carbocycles. The maximum atomic E-state index is 12.4. The number of hydrogen-bond acceptors (Lipinski definition) is 5. The monoisotopic (exact) mass is 319 g/mol. The molecule has 0 aliphatic heterocycles. The number of hydrogen-bond donors (Lipinski definition) is 1. The van der Waals surface area contributed by atoms with Gasteiger partial charge >= 0.3 is 5.97 Å². The number of nitrogens with one attached hydrogen (secondary N) is 1. The largest absolute Gasteiger partial charge is 0.425 e. The molecular formula is C16H21N3O2S. The molecule has 2 aromatic rings. The average Bonchev–Trinajstić information content (AvgIpc) is 3.05. The van der Waals surface area contributed by atoms with Crippen LogP contribution in [0.4, 0.5) is 0 Å². The van der Waals surface area contributed by atoms with E-state index in [1.165, 1.54) is 11.8 Å². The van der Waals surface area contributed by atoms with Gasteiger partial charge in [-0.3, -0.25) is 4.79 Å². The lowest BCUT2D eigenvalue weighted by molar-refractivity contribution is -0.133. The molecule has 2 rings (SSSR count). The molecule has 0 spiro atoms. The van der Waals surface area contributed by atoms with Crippen molar-refractivity contribution in [1.82, 2.24) is 15.4 Å². The molecule has 0 aliphatic carbocycles. The lowest BCUT2D eigenvalue weighted by Gasteiger charge is -2.17. The molecular weight excluding hydrogens is 298 g/mol. The van der Waals surface area contributed by atoms with Gasteiger partial charge in [0.2, 0.25) is 0 Å². The van der Waals surface area contributed by atoms with Crippen LogP contribution in [0.1, 0.15) is 45.1 Å². The molecule has 0 amide bonds. The van der Waals surface area contributed by atoms with Crippen LogP contribution in [0.2, 0.25) is 0 Å². The maximum absolute atomic E-state index is 12.4. The highest BCUT2D eigenvalue weighted by Gasteiger charge is 2.23. The molecule has 118 valence electrons. The highest BCUT2D eigenvalue weighted by atomic mass is 32.2. The number of aromatic amines is 1. The molecule has 0 saturated heterocycles. The Morgan fingerprint density at radius 2 is 2.09 bits per heavy atom. The zero-order chi connectivity index (χ0) is 15.9. The summed E-state index contributed by atoms with van der Waals surface area (Å²) in [6, 6.07) is 7.73. The Balaban J connectivity index is 2.10. The van der Waals surface area contributed by atoms with Gasteiger partial charge in [0.25, 0.3) is 0 Å². The highest BCUT2D eigenvalue weighted by Crippen LogP contribution is 2.30. The summed E-state index contributed by atoms with van der Waals surface area (Å²) in [6.07, 6.45) is 3.27. The van der Waals surface area contributed by atoms with Crippen LogP contribution in [0.15, 0.2) is 35.5 Å². The quantitative estimate of drug-likeness (QED) is 0.478. The van der Waals surface area contributed by atoms with Gasteiger partial charge in [-0.25, -0.2) is 0 Å². The smallest absolute Gasteiger partial charge is 0.324 e. The molecule has 1 N–H and O–H groups in total. The van der Waals surface area contributed by atoms with Gasteiger partial charge in [0.15, 0.2) is 0 Å². The van der Waals surface area contributed by atoms with E-state index in [1.807, 2.05) is 31.2 Å². The second-order valence-corrected chi connectivity index (χ2v) is 6.31. The van der Waals surface area contributed by atoms with Gasteiger partial charge in [-0.2, -0.15) is 10.3 Å². The summed E-state index contributed by atoms with van der Waals surface area (Å²) in [4.78, 5) is 12.4. The number of carbonyl (C=O) groups is 1. The third-order valence-electron chi connectivity index (χ3n) is 3.56. The molecule has 6 heteroatoms. The first kappa shape index (κ1) is 16.5. The number of H-pyrrole nitrogens is 1. The summed E-state index contributed by atoms with van der Waals surface area (Å²) in [5.41, 5.74) is 1.07. The second-order valence-electron chi connectivity index (χ2n) is 5.09. The first-order chi connectivity index (χ1) is 10.7. The Morgan fingerprint density at radius 3 is 2.73 bits per heavy atom. The van der Waals surface area contributed by atoms with E-state index in [4.69, 9.17) is 4.74 Å². The fourth-order valence-corrected chi connectivity index (χ4v) is 2.88. The van der Waals surface area contributed by atoms with E-state index in [0.29, 0.717) is 23.1 Å². The van der Waals surface area contributed by atoms with Gasteiger partial charge in [0.05, 0.1) is 6.20 Å². The number of esters is 1. The summed E-state index contributed by atoms with van der Waals surface area (Å²) in [7, 11) is 0. The summed E-state index contributed by atoms with van der Waals surface area (Å²) in [5.74, 6) is 0.763. The van der Waals surface area contributed by atoms with Crippen LogP contribution >= 0.6 is 11.8 Å². The normalized spacial score (nSPS) is 13.6. The molecule has 0 radical (unpaired) electrons. The number of ether oxygens (including phenoxy) is 1. The van der Waals surface area contributed by atoms with Gasteiger partial charge in [-0.1, -0.05) is 50.7 Å². The molecule has 22 heavy (non-hydrogen) atoms. The standard InChI is InChI=1S/C16H21N3O2S/c1-4-11(3)12-8-6-7-9-13(12)21-16(20)14(5-2)22-15-10-17-19-18-15/h6-11,14H,4-5H2,1-3H3,(H,17,18,19). The Kier molecular flexibility index (Phi) is 6.00.